The van der Waals surface area contributed by atoms with Crippen molar-refractivity contribution in [1.29, 1.82) is 0 Å². The number of carbonyl (C=O) groups is 2. The molecular formula is C32H32N4O3S. The molecule has 0 bridgehead atoms. The van der Waals surface area contributed by atoms with Crippen molar-refractivity contribution < 1.29 is 14.3 Å². The molecule has 7 nitrogen and oxygen atoms in total. The van der Waals surface area contributed by atoms with Crippen LogP contribution >= 0.6 is 11.8 Å². The molecule has 3 aromatic carbocycles. The van der Waals surface area contributed by atoms with E-state index in [2.05, 4.69) is 18.3 Å². The number of aromatic nitrogens is 2. The van der Waals surface area contributed by atoms with Crippen LogP contribution in [0.15, 0.2) is 72.8 Å². The first kappa shape index (κ1) is 26.2. The number of hydrogen-bond acceptors (Lipinski definition) is 5. The van der Waals surface area contributed by atoms with Gasteiger partial charge in [0.15, 0.2) is 0 Å². The van der Waals surface area contributed by atoms with Gasteiger partial charge in [-0.25, -0.2) is 4.68 Å². The number of aryl methyl sites for hydroxylation is 2. The van der Waals surface area contributed by atoms with E-state index in [0.717, 1.165) is 57.8 Å². The van der Waals surface area contributed by atoms with E-state index in [9.17, 15) is 9.59 Å². The van der Waals surface area contributed by atoms with Crippen LogP contribution in [-0.2, 0) is 9.59 Å². The minimum atomic E-state index is -0.249. The number of nitrogens with zero attached hydrogens (tertiary/aromatic N) is 3. The van der Waals surface area contributed by atoms with Gasteiger partial charge in [0.1, 0.15) is 18.1 Å². The van der Waals surface area contributed by atoms with Crippen LogP contribution < -0.4 is 15.0 Å². The second kappa shape index (κ2) is 10.8. The predicted octanol–water partition coefficient (Wildman–Crippen LogP) is 5.61. The van der Waals surface area contributed by atoms with E-state index in [0.29, 0.717) is 5.82 Å². The molecule has 1 aromatic heterocycles. The molecule has 1 aliphatic carbocycles. The molecule has 2 amide bonds. The van der Waals surface area contributed by atoms with Crippen LogP contribution in [0.2, 0.25) is 0 Å². The summed E-state index contributed by atoms with van der Waals surface area (Å²) in [5, 5.41) is 8.01. The third-order valence-corrected chi connectivity index (χ3v) is 8.62. The van der Waals surface area contributed by atoms with Crippen molar-refractivity contribution in [3.63, 3.8) is 0 Å². The number of para-hydroxylation sites is 1. The second-order valence-electron chi connectivity index (χ2n) is 10.4. The Morgan fingerprint density at radius 3 is 2.52 bits per heavy atom. The average molecular weight is 553 g/mol. The van der Waals surface area contributed by atoms with Crippen molar-refractivity contribution in [2.24, 2.45) is 0 Å². The zero-order chi connectivity index (χ0) is 27.8. The van der Waals surface area contributed by atoms with E-state index in [-0.39, 0.29) is 35.4 Å². The number of thioether (sulfide) groups is 1. The van der Waals surface area contributed by atoms with Gasteiger partial charge in [0.05, 0.1) is 29.5 Å². The van der Waals surface area contributed by atoms with Gasteiger partial charge in [0.25, 0.3) is 0 Å². The molecule has 8 heteroatoms. The molecule has 1 saturated carbocycles. The maximum absolute atomic E-state index is 13.9. The van der Waals surface area contributed by atoms with Crippen molar-refractivity contribution >= 4 is 29.4 Å². The largest absolute Gasteiger partial charge is 0.496 e. The Morgan fingerprint density at radius 1 is 1.05 bits per heavy atom. The van der Waals surface area contributed by atoms with Crippen LogP contribution in [-0.4, -0.2) is 47.0 Å². The molecule has 1 fully saturated rings. The first-order valence-corrected chi connectivity index (χ1v) is 14.6. The molecule has 2 heterocycles. The summed E-state index contributed by atoms with van der Waals surface area (Å²) in [6.07, 6.45) is 1.96. The lowest BCUT2D eigenvalue weighted by Crippen LogP contribution is -2.43. The summed E-state index contributed by atoms with van der Waals surface area (Å²) in [5.41, 5.74) is 6.62. The molecule has 1 aliphatic heterocycles. The number of rotatable bonds is 7. The summed E-state index contributed by atoms with van der Waals surface area (Å²) >= 11 is 1.54. The van der Waals surface area contributed by atoms with E-state index in [4.69, 9.17) is 9.84 Å². The molecule has 1 N–H and O–H groups in total. The van der Waals surface area contributed by atoms with E-state index < -0.39 is 0 Å². The summed E-state index contributed by atoms with van der Waals surface area (Å²) in [6, 6.07) is 24.4. The lowest BCUT2D eigenvalue weighted by molar-refractivity contribution is -0.123. The number of anilines is 1. The Kier molecular flexibility index (Phi) is 7.11. The van der Waals surface area contributed by atoms with E-state index >= 15 is 0 Å². The summed E-state index contributed by atoms with van der Waals surface area (Å²) < 4.78 is 7.65. The Bertz CT molecular complexity index is 1580. The van der Waals surface area contributed by atoms with Crippen LogP contribution in [0.25, 0.3) is 16.9 Å². The van der Waals surface area contributed by atoms with Crippen molar-refractivity contribution in [1.82, 2.24) is 15.1 Å². The van der Waals surface area contributed by atoms with Crippen molar-refractivity contribution in [2.45, 2.75) is 38.0 Å². The van der Waals surface area contributed by atoms with Crippen molar-refractivity contribution in [2.75, 3.05) is 24.3 Å². The predicted molar refractivity (Wildman–Crippen MR) is 159 cm³/mol. The first-order chi connectivity index (χ1) is 19.4. The van der Waals surface area contributed by atoms with Crippen LogP contribution in [0.5, 0.6) is 5.75 Å². The Balaban J connectivity index is 1.64. The molecular weight excluding hydrogens is 520 g/mol. The van der Waals surface area contributed by atoms with Crippen molar-refractivity contribution in [3.05, 3.63) is 95.1 Å². The Labute approximate surface area is 238 Å². The molecule has 1 atom stereocenters. The highest BCUT2D eigenvalue weighted by Crippen LogP contribution is 2.50. The highest BCUT2D eigenvalue weighted by Gasteiger charge is 2.39. The fourth-order valence-electron chi connectivity index (χ4n) is 5.31. The zero-order valence-corrected chi connectivity index (χ0v) is 23.7. The molecule has 204 valence electrons. The van der Waals surface area contributed by atoms with Crippen LogP contribution in [0, 0.1) is 13.8 Å². The third kappa shape index (κ3) is 4.99. The molecule has 0 unspecified atom stereocenters. The summed E-state index contributed by atoms with van der Waals surface area (Å²) in [7, 11) is 1.66. The number of amides is 2. The number of hydrogen-bond donors (Lipinski definition) is 1. The fraction of sp³-hybridized carbons (Fsp3) is 0.281. The van der Waals surface area contributed by atoms with E-state index in [1.165, 1.54) is 0 Å². The number of benzene rings is 3. The standard InChI is InChI=1S/C32H32N4O3S/c1-20-13-16-25(21(2)17-20)36-32-29(30(34-36)22-9-5-4-6-10-22)31(24-11-7-8-12-26(24)39-3)40-19-28(38)35(32)18-27(37)33-23-14-15-23/h4-13,16-17,23,31H,14-15,18-19H2,1-3H3,(H,33,37)/t31-/m0/s1. The maximum Gasteiger partial charge on any atom is 0.240 e. The minimum absolute atomic E-state index is 0.0631. The lowest BCUT2D eigenvalue weighted by atomic mass is 9.99. The quantitative estimate of drug-likeness (QED) is 0.322. The number of nitrogens with one attached hydrogen (secondary N) is 1. The molecule has 4 aromatic rings. The van der Waals surface area contributed by atoms with Gasteiger partial charge in [-0.3, -0.25) is 14.5 Å². The number of methoxy groups -OCH3 is 1. The van der Waals surface area contributed by atoms with Gasteiger partial charge in [-0.1, -0.05) is 66.2 Å². The number of fused-ring (bicyclic) bond motifs is 1. The van der Waals surface area contributed by atoms with Gasteiger partial charge in [-0.15, -0.1) is 11.8 Å². The van der Waals surface area contributed by atoms with Gasteiger partial charge in [-0.2, -0.15) is 5.10 Å². The second-order valence-corrected chi connectivity index (χ2v) is 11.5. The maximum atomic E-state index is 13.9. The van der Waals surface area contributed by atoms with Gasteiger partial charge < -0.3 is 10.1 Å². The topological polar surface area (TPSA) is 76.5 Å². The van der Waals surface area contributed by atoms with Crippen LogP contribution in [0.4, 0.5) is 5.82 Å². The lowest BCUT2D eigenvalue weighted by Gasteiger charge is -2.24. The highest BCUT2D eigenvalue weighted by atomic mass is 32.2. The fourth-order valence-corrected chi connectivity index (χ4v) is 6.54. The Hall–Kier alpha value is -4.04. The molecule has 2 aliphatic rings. The van der Waals surface area contributed by atoms with Gasteiger partial charge in [-0.05, 0) is 44.4 Å². The van der Waals surface area contributed by atoms with E-state index in [1.807, 2.05) is 78.3 Å². The normalized spacial score (nSPS) is 16.8. The molecule has 6 rings (SSSR count). The summed E-state index contributed by atoms with van der Waals surface area (Å²) in [5.74, 6) is 1.31. The van der Waals surface area contributed by atoms with Crippen LogP contribution in [0.1, 0.15) is 40.3 Å². The number of carbonyl (C=O) groups excluding carboxylic acids is 2. The minimum Gasteiger partial charge on any atom is -0.496 e. The Morgan fingerprint density at radius 2 is 1.80 bits per heavy atom. The van der Waals surface area contributed by atoms with Gasteiger partial charge in [0.2, 0.25) is 11.8 Å². The molecule has 0 radical (unpaired) electrons. The smallest absolute Gasteiger partial charge is 0.240 e. The molecule has 0 spiro atoms. The summed E-state index contributed by atoms with van der Waals surface area (Å²) in [6.45, 7) is 4.04. The van der Waals surface area contributed by atoms with Gasteiger partial charge in [0, 0.05) is 22.7 Å². The highest BCUT2D eigenvalue weighted by molar-refractivity contribution is 8.00. The van der Waals surface area contributed by atoms with Crippen LogP contribution in [0.3, 0.4) is 0 Å². The van der Waals surface area contributed by atoms with Crippen molar-refractivity contribution in [3.8, 4) is 22.7 Å². The number of ether oxygens (including phenoxy) is 1. The SMILES string of the molecule is COc1ccccc1[C@@H]1SCC(=O)N(CC(=O)NC2CC2)c2c1c(-c1ccccc1)nn2-c1ccc(C)cc1C. The average Bonchev–Trinajstić information content (AvgIpc) is 3.71. The third-order valence-electron chi connectivity index (χ3n) is 7.38. The van der Waals surface area contributed by atoms with Gasteiger partial charge >= 0.3 is 0 Å². The molecule has 40 heavy (non-hydrogen) atoms. The summed E-state index contributed by atoms with van der Waals surface area (Å²) in [4.78, 5) is 28.7. The monoisotopic (exact) mass is 552 g/mol. The zero-order valence-electron chi connectivity index (χ0n) is 22.9. The molecule has 0 saturated heterocycles. The van der Waals surface area contributed by atoms with E-state index in [1.54, 1.807) is 23.8 Å². The first-order valence-electron chi connectivity index (χ1n) is 13.5.